The number of aryl methyl sites for hydroxylation is 1. The zero-order valence-corrected chi connectivity index (χ0v) is 18.8. The Kier molecular flexibility index (Phi) is 6.28. The highest BCUT2D eigenvalue weighted by molar-refractivity contribution is 7.09. The van der Waals surface area contributed by atoms with Crippen LogP contribution in [0.4, 0.5) is 19.0 Å². The van der Waals surface area contributed by atoms with Crippen LogP contribution in [0.25, 0.3) is 0 Å². The molecule has 1 aliphatic heterocycles. The molecular weight excluding hydrogens is 437 g/mol. The summed E-state index contributed by atoms with van der Waals surface area (Å²) in [6, 6.07) is 8.51. The number of hydrogen-bond donors (Lipinski definition) is 0. The second-order valence-corrected chi connectivity index (χ2v) is 9.02. The Morgan fingerprint density at radius 3 is 2.59 bits per heavy atom. The largest absolute Gasteiger partial charge is 0.417 e. The number of hydrogen-bond acceptors (Lipinski definition) is 4. The van der Waals surface area contributed by atoms with Crippen molar-refractivity contribution in [2.75, 3.05) is 31.1 Å². The molecule has 0 radical (unpaired) electrons. The van der Waals surface area contributed by atoms with E-state index < -0.39 is 11.7 Å². The summed E-state index contributed by atoms with van der Waals surface area (Å²) >= 11 is 1.69. The SMILES string of the molecule is Cc1cc(C(=O)N2CCCN(c3ccc(C(F)(F)F)cn3)CC2)c(C)n1Cc1cccs1. The maximum atomic E-state index is 13.3. The molecule has 0 saturated carbocycles. The van der Waals surface area contributed by atoms with E-state index in [9.17, 15) is 18.0 Å². The molecule has 0 aliphatic carbocycles. The molecule has 5 nitrogen and oxygen atoms in total. The van der Waals surface area contributed by atoms with Crippen LogP contribution in [0.3, 0.4) is 0 Å². The Labute approximate surface area is 189 Å². The first kappa shape index (κ1) is 22.4. The van der Waals surface area contributed by atoms with E-state index in [-0.39, 0.29) is 5.91 Å². The summed E-state index contributed by atoms with van der Waals surface area (Å²) in [6.45, 7) is 7.00. The zero-order valence-electron chi connectivity index (χ0n) is 18.0. The molecule has 9 heteroatoms. The first-order chi connectivity index (χ1) is 15.2. The lowest BCUT2D eigenvalue weighted by molar-refractivity contribution is -0.137. The highest BCUT2D eigenvalue weighted by atomic mass is 32.1. The molecule has 1 saturated heterocycles. The summed E-state index contributed by atoms with van der Waals surface area (Å²) in [5.41, 5.74) is 1.95. The molecule has 0 unspecified atom stereocenters. The van der Waals surface area contributed by atoms with Gasteiger partial charge in [0.05, 0.1) is 17.7 Å². The van der Waals surface area contributed by atoms with E-state index in [1.54, 1.807) is 11.3 Å². The molecule has 3 aromatic rings. The van der Waals surface area contributed by atoms with Gasteiger partial charge < -0.3 is 14.4 Å². The van der Waals surface area contributed by atoms with Crippen molar-refractivity contribution in [1.29, 1.82) is 0 Å². The maximum absolute atomic E-state index is 13.3. The quantitative estimate of drug-likeness (QED) is 0.549. The standard InChI is InChI=1S/C23H25F3N4OS/c1-16-13-20(17(2)30(16)15-19-5-3-12-32-19)22(31)29-9-4-8-28(10-11-29)21-7-6-18(14-27-21)23(24,25)26/h3,5-7,12-14H,4,8-11,15H2,1-2H3. The molecule has 4 rings (SSSR count). The number of alkyl halides is 3. The Hall–Kier alpha value is -2.81. The third kappa shape index (κ3) is 4.67. The molecule has 1 amide bonds. The monoisotopic (exact) mass is 462 g/mol. The van der Waals surface area contributed by atoms with Crippen LogP contribution in [0.5, 0.6) is 0 Å². The molecule has 0 aromatic carbocycles. The van der Waals surface area contributed by atoms with Gasteiger partial charge in [-0.05, 0) is 49.9 Å². The topological polar surface area (TPSA) is 41.4 Å². The number of nitrogens with zero attached hydrogens (tertiary/aromatic N) is 4. The lowest BCUT2D eigenvalue weighted by Gasteiger charge is -2.23. The van der Waals surface area contributed by atoms with E-state index in [1.165, 1.54) is 10.9 Å². The minimum atomic E-state index is -4.40. The first-order valence-corrected chi connectivity index (χ1v) is 11.4. The first-order valence-electron chi connectivity index (χ1n) is 10.5. The third-order valence-electron chi connectivity index (χ3n) is 5.88. The molecule has 1 aliphatic rings. The summed E-state index contributed by atoms with van der Waals surface area (Å²) < 4.78 is 40.6. The van der Waals surface area contributed by atoms with Crippen LogP contribution in [0.15, 0.2) is 41.9 Å². The van der Waals surface area contributed by atoms with Gasteiger partial charge >= 0.3 is 6.18 Å². The fraction of sp³-hybridized carbons (Fsp3) is 0.391. The van der Waals surface area contributed by atoms with Crippen molar-refractivity contribution in [2.45, 2.75) is 33.0 Å². The number of amides is 1. The molecule has 170 valence electrons. The van der Waals surface area contributed by atoms with E-state index in [0.717, 1.165) is 36.6 Å². The van der Waals surface area contributed by atoms with Gasteiger partial charge in [0.15, 0.2) is 0 Å². The molecule has 0 spiro atoms. The minimum Gasteiger partial charge on any atom is -0.355 e. The van der Waals surface area contributed by atoms with Gasteiger partial charge in [0.2, 0.25) is 0 Å². The molecule has 0 bridgehead atoms. The number of anilines is 1. The predicted molar refractivity (Wildman–Crippen MR) is 119 cm³/mol. The van der Waals surface area contributed by atoms with Gasteiger partial charge in [-0.2, -0.15) is 13.2 Å². The highest BCUT2D eigenvalue weighted by Gasteiger charge is 2.31. The lowest BCUT2D eigenvalue weighted by atomic mass is 10.2. The number of thiophene rings is 1. The summed E-state index contributed by atoms with van der Waals surface area (Å²) in [7, 11) is 0. The van der Waals surface area contributed by atoms with Crippen LogP contribution >= 0.6 is 11.3 Å². The molecule has 0 N–H and O–H groups in total. The molecule has 4 heterocycles. The summed E-state index contributed by atoms with van der Waals surface area (Å²) in [5.74, 6) is 0.499. The van der Waals surface area contributed by atoms with Crippen LogP contribution in [-0.4, -0.2) is 46.5 Å². The molecule has 0 atom stereocenters. The van der Waals surface area contributed by atoms with Gasteiger partial charge in [0.1, 0.15) is 5.82 Å². The lowest BCUT2D eigenvalue weighted by Crippen LogP contribution is -2.35. The van der Waals surface area contributed by atoms with Crippen LogP contribution in [0, 0.1) is 13.8 Å². The molecular formula is C23H25F3N4OS. The Morgan fingerprint density at radius 1 is 1.12 bits per heavy atom. The van der Waals surface area contributed by atoms with E-state index in [4.69, 9.17) is 0 Å². The number of halogens is 3. The number of pyridine rings is 1. The predicted octanol–water partition coefficient (Wildman–Crippen LogP) is 4.98. The normalized spacial score (nSPS) is 15.2. The van der Waals surface area contributed by atoms with E-state index in [1.807, 2.05) is 41.2 Å². The van der Waals surface area contributed by atoms with Gasteiger partial charge in [-0.3, -0.25) is 4.79 Å². The molecule has 3 aromatic heterocycles. The third-order valence-corrected chi connectivity index (χ3v) is 6.74. The van der Waals surface area contributed by atoms with Crippen molar-refractivity contribution >= 4 is 23.1 Å². The van der Waals surface area contributed by atoms with Crippen LogP contribution < -0.4 is 4.90 Å². The smallest absolute Gasteiger partial charge is 0.355 e. The Bertz CT molecular complexity index is 1070. The second kappa shape index (κ2) is 8.97. The number of rotatable bonds is 4. The van der Waals surface area contributed by atoms with Gasteiger partial charge in [-0.15, -0.1) is 11.3 Å². The van der Waals surface area contributed by atoms with Gasteiger partial charge in [-0.1, -0.05) is 6.07 Å². The van der Waals surface area contributed by atoms with E-state index in [2.05, 4.69) is 15.6 Å². The van der Waals surface area contributed by atoms with E-state index in [0.29, 0.717) is 37.6 Å². The van der Waals surface area contributed by atoms with Crippen LogP contribution in [0.2, 0.25) is 0 Å². The van der Waals surface area contributed by atoms with Crippen molar-refractivity contribution in [3.05, 3.63) is 69.3 Å². The average molecular weight is 463 g/mol. The van der Waals surface area contributed by atoms with Crippen molar-refractivity contribution < 1.29 is 18.0 Å². The molecule has 1 fully saturated rings. The van der Waals surface area contributed by atoms with Crippen LogP contribution in [0.1, 0.15) is 38.6 Å². The summed E-state index contributed by atoms with van der Waals surface area (Å²) in [6.07, 6.45) is -2.81. The van der Waals surface area contributed by atoms with Crippen molar-refractivity contribution in [3.8, 4) is 0 Å². The number of aromatic nitrogens is 2. The fourth-order valence-corrected chi connectivity index (χ4v) is 4.77. The zero-order chi connectivity index (χ0) is 22.9. The summed E-state index contributed by atoms with van der Waals surface area (Å²) in [5, 5.41) is 2.05. The fourth-order valence-electron chi connectivity index (χ4n) is 4.08. The summed E-state index contributed by atoms with van der Waals surface area (Å²) in [4.78, 5) is 22.3. The Balaban J connectivity index is 1.45. The van der Waals surface area contributed by atoms with Crippen molar-refractivity contribution in [3.63, 3.8) is 0 Å². The number of carbonyl (C=O) groups is 1. The molecule has 32 heavy (non-hydrogen) atoms. The Morgan fingerprint density at radius 2 is 1.94 bits per heavy atom. The average Bonchev–Trinajstić information content (AvgIpc) is 3.28. The maximum Gasteiger partial charge on any atom is 0.417 e. The second-order valence-electron chi connectivity index (χ2n) is 7.99. The van der Waals surface area contributed by atoms with E-state index >= 15 is 0 Å². The van der Waals surface area contributed by atoms with Crippen molar-refractivity contribution in [2.24, 2.45) is 0 Å². The van der Waals surface area contributed by atoms with Gasteiger partial charge in [-0.25, -0.2) is 4.98 Å². The highest BCUT2D eigenvalue weighted by Crippen LogP contribution is 2.29. The van der Waals surface area contributed by atoms with Crippen molar-refractivity contribution in [1.82, 2.24) is 14.5 Å². The van der Waals surface area contributed by atoms with Crippen LogP contribution in [-0.2, 0) is 12.7 Å². The number of carbonyl (C=O) groups excluding carboxylic acids is 1. The van der Waals surface area contributed by atoms with Gasteiger partial charge in [0.25, 0.3) is 5.91 Å². The van der Waals surface area contributed by atoms with Gasteiger partial charge in [0, 0.05) is 48.6 Å². The minimum absolute atomic E-state index is 0.00208.